The summed E-state index contributed by atoms with van der Waals surface area (Å²) in [4.78, 5) is 22.1. The zero-order valence-corrected chi connectivity index (χ0v) is 11.5. The van der Waals surface area contributed by atoms with Crippen LogP contribution in [0.3, 0.4) is 0 Å². The lowest BCUT2D eigenvalue weighted by molar-refractivity contribution is -0.187. The number of carbonyl (C=O) groups excluding carboxylic acids is 2. The summed E-state index contributed by atoms with van der Waals surface area (Å²) < 4.78 is 20.7. The summed E-state index contributed by atoms with van der Waals surface area (Å²) in [6, 6.07) is 0. The van der Waals surface area contributed by atoms with Gasteiger partial charge in [-0.05, 0) is 0 Å². The average Bonchev–Trinajstić information content (AvgIpc) is 2.63. The van der Waals surface area contributed by atoms with Crippen LogP contribution in [-0.4, -0.2) is 60.7 Å². The lowest BCUT2D eigenvalue weighted by Crippen LogP contribution is -2.41. The van der Waals surface area contributed by atoms with E-state index in [4.69, 9.17) is 30.5 Å². The molecule has 0 aromatic heterocycles. The molecule has 0 saturated carbocycles. The fourth-order valence-corrected chi connectivity index (χ4v) is 1.87. The third-order valence-corrected chi connectivity index (χ3v) is 2.57. The van der Waals surface area contributed by atoms with E-state index in [1.54, 1.807) is 0 Å². The van der Waals surface area contributed by atoms with Gasteiger partial charge in [0.1, 0.15) is 6.10 Å². The third-order valence-electron chi connectivity index (χ3n) is 2.41. The van der Waals surface area contributed by atoms with Gasteiger partial charge >= 0.3 is 11.9 Å². The summed E-state index contributed by atoms with van der Waals surface area (Å²) in [6.07, 6.45) is -3.58. The van der Waals surface area contributed by atoms with Crippen molar-refractivity contribution in [1.82, 2.24) is 0 Å². The number of alkyl halides is 1. The van der Waals surface area contributed by atoms with Gasteiger partial charge in [-0.1, -0.05) is 0 Å². The van der Waals surface area contributed by atoms with E-state index in [1.165, 1.54) is 13.8 Å². The van der Waals surface area contributed by atoms with Crippen LogP contribution in [0.15, 0.2) is 0 Å². The summed E-state index contributed by atoms with van der Waals surface area (Å²) in [7, 11) is 0. The molecule has 1 aliphatic heterocycles. The van der Waals surface area contributed by atoms with Crippen LogP contribution in [0.5, 0.6) is 0 Å². The van der Waals surface area contributed by atoms with Gasteiger partial charge in [0.2, 0.25) is 0 Å². The summed E-state index contributed by atoms with van der Waals surface area (Å²) in [6.45, 7) is 2.22. The Hall–Kier alpha value is -0.890. The van der Waals surface area contributed by atoms with Crippen LogP contribution >= 0.6 is 11.6 Å². The van der Waals surface area contributed by atoms with Crippen molar-refractivity contribution >= 4 is 23.5 Å². The Balaban J connectivity index is 2.81. The van der Waals surface area contributed by atoms with E-state index < -0.39 is 43.1 Å². The second-order valence-electron chi connectivity index (χ2n) is 3.93. The standard InChI is InChI=1S/C11H17ClO7/c1-6(14)17-9-8(5-13)19-11(16-4-3-12)10(9)18-7(2)15/h8-11,13H,3-5H2,1-2H3/t8-,9-,10-,11-/m1/s1. The Kier molecular flexibility index (Phi) is 6.50. The van der Waals surface area contributed by atoms with Gasteiger partial charge in [0.25, 0.3) is 0 Å². The minimum atomic E-state index is -0.929. The van der Waals surface area contributed by atoms with Gasteiger partial charge in [-0.2, -0.15) is 0 Å². The van der Waals surface area contributed by atoms with Crippen molar-refractivity contribution in [2.24, 2.45) is 0 Å². The molecule has 8 heteroatoms. The topological polar surface area (TPSA) is 91.3 Å². The van der Waals surface area contributed by atoms with Gasteiger partial charge < -0.3 is 24.1 Å². The molecule has 1 heterocycles. The van der Waals surface area contributed by atoms with E-state index in [0.717, 1.165) is 0 Å². The van der Waals surface area contributed by atoms with Crippen molar-refractivity contribution in [3.63, 3.8) is 0 Å². The maximum absolute atomic E-state index is 11.1. The largest absolute Gasteiger partial charge is 0.455 e. The Morgan fingerprint density at radius 1 is 1.21 bits per heavy atom. The van der Waals surface area contributed by atoms with E-state index in [9.17, 15) is 14.7 Å². The first-order valence-electron chi connectivity index (χ1n) is 5.78. The van der Waals surface area contributed by atoms with Crippen LogP contribution < -0.4 is 0 Å². The molecule has 1 rings (SSSR count). The Morgan fingerprint density at radius 2 is 1.79 bits per heavy atom. The summed E-state index contributed by atoms with van der Waals surface area (Å²) in [5.41, 5.74) is 0. The molecule has 1 saturated heterocycles. The first kappa shape index (κ1) is 16.2. The lowest BCUT2D eigenvalue weighted by atomic mass is 10.1. The number of ether oxygens (including phenoxy) is 4. The zero-order valence-electron chi connectivity index (χ0n) is 10.7. The average molecular weight is 297 g/mol. The molecule has 19 heavy (non-hydrogen) atoms. The number of carbonyl (C=O) groups is 2. The summed E-state index contributed by atoms with van der Waals surface area (Å²) in [5, 5.41) is 9.21. The third kappa shape index (κ3) is 4.61. The molecule has 0 spiro atoms. The van der Waals surface area contributed by atoms with Crippen LogP contribution in [0, 0.1) is 0 Å². The van der Waals surface area contributed by atoms with E-state index >= 15 is 0 Å². The molecule has 7 nitrogen and oxygen atoms in total. The van der Waals surface area contributed by atoms with Crippen molar-refractivity contribution in [3.8, 4) is 0 Å². The summed E-state index contributed by atoms with van der Waals surface area (Å²) >= 11 is 5.50. The van der Waals surface area contributed by atoms with Gasteiger partial charge in [0, 0.05) is 19.7 Å². The minimum Gasteiger partial charge on any atom is -0.455 e. The number of esters is 2. The van der Waals surface area contributed by atoms with Crippen molar-refractivity contribution in [2.75, 3.05) is 19.1 Å². The number of halogens is 1. The second kappa shape index (κ2) is 7.64. The SMILES string of the molecule is CC(=O)O[C@H]1[C@H](OCCCl)O[C@H](CO)[C@H]1OC(C)=O. The molecule has 0 aromatic rings. The van der Waals surface area contributed by atoms with E-state index in [2.05, 4.69) is 0 Å². The normalized spacial score (nSPS) is 30.1. The maximum Gasteiger partial charge on any atom is 0.303 e. The number of hydrogen-bond donors (Lipinski definition) is 1. The second-order valence-corrected chi connectivity index (χ2v) is 4.31. The van der Waals surface area contributed by atoms with E-state index in [-0.39, 0.29) is 12.5 Å². The molecular weight excluding hydrogens is 280 g/mol. The van der Waals surface area contributed by atoms with Crippen molar-refractivity contribution < 1.29 is 33.6 Å². The van der Waals surface area contributed by atoms with Crippen LogP contribution in [0.1, 0.15) is 13.8 Å². The highest BCUT2D eigenvalue weighted by molar-refractivity contribution is 6.17. The Bertz CT molecular complexity index is 322. The summed E-state index contributed by atoms with van der Waals surface area (Å²) in [5.74, 6) is -0.902. The lowest BCUT2D eigenvalue weighted by Gasteiger charge is -2.22. The molecule has 0 radical (unpaired) electrons. The Morgan fingerprint density at radius 3 is 2.26 bits per heavy atom. The molecule has 4 atom stereocenters. The van der Waals surface area contributed by atoms with Crippen molar-refractivity contribution in [2.45, 2.75) is 38.4 Å². The fourth-order valence-electron chi connectivity index (χ4n) is 1.78. The van der Waals surface area contributed by atoms with Crippen LogP contribution in [0.2, 0.25) is 0 Å². The number of aliphatic hydroxyl groups excluding tert-OH is 1. The fraction of sp³-hybridized carbons (Fsp3) is 0.818. The van der Waals surface area contributed by atoms with Crippen LogP contribution in [0.4, 0.5) is 0 Å². The van der Waals surface area contributed by atoms with Gasteiger partial charge in [-0.15, -0.1) is 11.6 Å². The number of aliphatic hydroxyl groups is 1. The Labute approximate surface area is 115 Å². The highest BCUT2D eigenvalue weighted by Gasteiger charge is 2.49. The predicted molar refractivity (Wildman–Crippen MR) is 63.5 cm³/mol. The maximum atomic E-state index is 11.1. The first-order chi connectivity index (χ1) is 8.99. The number of rotatable bonds is 6. The molecule has 110 valence electrons. The quantitative estimate of drug-likeness (QED) is 0.537. The highest BCUT2D eigenvalue weighted by Crippen LogP contribution is 2.27. The number of hydrogen-bond acceptors (Lipinski definition) is 7. The van der Waals surface area contributed by atoms with Crippen LogP contribution in [-0.2, 0) is 28.5 Å². The molecule has 1 N–H and O–H groups in total. The zero-order chi connectivity index (χ0) is 14.4. The highest BCUT2D eigenvalue weighted by atomic mass is 35.5. The molecule has 0 amide bonds. The van der Waals surface area contributed by atoms with Crippen molar-refractivity contribution in [1.29, 1.82) is 0 Å². The van der Waals surface area contributed by atoms with Gasteiger partial charge in [-0.25, -0.2) is 0 Å². The van der Waals surface area contributed by atoms with Crippen LogP contribution in [0.25, 0.3) is 0 Å². The molecule has 0 aliphatic carbocycles. The molecule has 0 aromatic carbocycles. The van der Waals surface area contributed by atoms with E-state index in [0.29, 0.717) is 0 Å². The monoisotopic (exact) mass is 296 g/mol. The van der Waals surface area contributed by atoms with Crippen molar-refractivity contribution in [3.05, 3.63) is 0 Å². The molecular formula is C11H17ClO7. The predicted octanol–water partition coefficient (Wildman–Crippen LogP) is -0.178. The first-order valence-corrected chi connectivity index (χ1v) is 6.31. The van der Waals surface area contributed by atoms with E-state index in [1.807, 2.05) is 0 Å². The van der Waals surface area contributed by atoms with Gasteiger partial charge in [0.05, 0.1) is 13.2 Å². The minimum absolute atomic E-state index is 0.176. The molecule has 0 bridgehead atoms. The molecule has 1 aliphatic rings. The van der Waals surface area contributed by atoms with Gasteiger partial charge in [0.15, 0.2) is 18.5 Å². The smallest absolute Gasteiger partial charge is 0.303 e. The molecule has 0 unspecified atom stereocenters. The molecule has 1 fully saturated rings. The van der Waals surface area contributed by atoms with Gasteiger partial charge in [-0.3, -0.25) is 9.59 Å².